The van der Waals surface area contributed by atoms with Crippen molar-refractivity contribution in [2.75, 3.05) is 9.80 Å². The minimum absolute atomic E-state index is 0.0365. The molecule has 0 unspecified atom stereocenters. The third kappa shape index (κ3) is 13.8. The molecule has 0 N–H and O–H groups in total. The lowest BCUT2D eigenvalue weighted by Gasteiger charge is -2.46. The molecule has 0 bridgehead atoms. The van der Waals surface area contributed by atoms with Gasteiger partial charge in [-0.25, -0.2) is 0 Å². The molecule has 588 valence electrons. The second-order valence-corrected chi connectivity index (χ2v) is 37.4. The summed E-state index contributed by atoms with van der Waals surface area (Å²) in [4.78, 5) is 5.49. The van der Waals surface area contributed by atoms with Crippen LogP contribution in [0.1, 0.15) is 79.0 Å². The quantitative estimate of drug-likeness (QED) is 0.0951. The van der Waals surface area contributed by atoms with Crippen LogP contribution in [0.4, 0.5) is 34.1 Å². The summed E-state index contributed by atoms with van der Waals surface area (Å²) < 4.78 is 5.12. The first-order valence-electron chi connectivity index (χ1n) is 43.3. The molecular formula is C117H97BN4. The van der Waals surface area contributed by atoms with Crippen LogP contribution in [0, 0.1) is 16.2 Å². The Morgan fingerprint density at radius 2 is 0.484 bits per heavy atom. The van der Waals surface area contributed by atoms with Crippen molar-refractivity contribution >= 4 is 101 Å². The highest BCUT2D eigenvalue weighted by atomic mass is 15.2. The Morgan fingerprint density at radius 3 is 0.762 bits per heavy atom. The van der Waals surface area contributed by atoms with Crippen LogP contribution >= 0.6 is 0 Å². The van der Waals surface area contributed by atoms with Crippen molar-refractivity contribution < 1.29 is 0 Å². The van der Waals surface area contributed by atoms with E-state index in [1.54, 1.807) is 0 Å². The highest BCUT2D eigenvalue weighted by molar-refractivity contribution is 7.00. The van der Waals surface area contributed by atoms with E-state index in [0.717, 1.165) is 98.0 Å². The molecule has 0 saturated heterocycles. The third-order valence-electron chi connectivity index (χ3n) is 25.0. The van der Waals surface area contributed by atoms with E-state index in [0.29, 0.717) is 0 Å². The van der Waals surface area contributed by atoms with Crippen molar-refractivity contribution in [3.8, 4) is 100 Å². The zero-order chi connectivity index (χ0) is 82.7. The second-order valence-electron chi connectivity index (χ2n) is 37.4. The Hall–Kier alpha value is -14.0. The first-order chi connectivity index (χ1) is 59.3. The summed E-state index contributed by atoms with van der Waals surface area (Å²) in [5, 5.41) is 4.81. The molecule has 19 aromatic rings. The van der Waals surface area contributed by atoms with Crippen LogP contribution in [-0.4, -0.2) is 15.8 Å². The fourth-order valence-corrected chi connectivity index (χ4v) is 19.9. The van der Waals surface area contributed by atoms with Gasteiger partial charge in [0.25, 0.3) is 6.71 Å². The number of nitrogens with zero attached hydrogens (tertiary/aromatic N) is 4. The molecule has 4 nitrogen and oxygen atoms in total. The lowest BCUT2D eigenvalue weighted by molar-refractivity contribution is 0.411. The van der Waals surface area contributed by atoms with Gasteiger partial charge in [-0.2, -0.15) is 0 Å². The second kappa shape index (κ2) is 30.1. The van der Waals surface area contributed by atoms with Gasteiger partial charge in [-0.1, -0.05) is 341 Å². The molecule has 0 spiro atoms. The zero-order valence-electron chi connectivity index (χ0n) is 70.9. The molecule has 122 heavy (non-hydrogen) atoms. The Balaban J connectivity index is 0.906. The average molecular weight is 1570 g/mol. The SMILES string of the molecule is CC(C)(C)Cc1cc2c3c(c1)N(c1cc(-c4ccccc4)c(CC(C)(C)C)cc1-c1ccccc1)c1cc(-n4c5ccc(-c6ccccc6)cc5c5cc(-c6ccccc6)ccc54)ccc1B3c1ccc(-n3c4ccc(-c5ccccc5)cc4c4cc(-c5ccccc5)ccc43)cc1N2c1cc(-c2ccccc2)c(CC(C)(C)C)cc1-c1ccccc1. The normalized spacial score (nSPS) is 12.7. The van der Waals surface area contributed by atoms with Crippen molar-refractivity contribution in [2.45, 2.75) is 81.6 Å². The summed E-state index contributed by atoms with van der Waals surface area (Å²) >= 11 is 0. The highest BCUT2D eigenvalue weighted by Crippen LogP contribution is 2.54. The van der Waals surface area contributed by atoms with Gasteiger partial charge < -0.3 is 18.9 Å². The molecule has 0 aliphatic carbocycles. The van der Waals surface area contributed by atoms with Gasteiger partial charge in [0, 0.05) is 66.8 Å². The number of rotatable bonds is 15. The van der Waals surface area contributed by atoms with Crippen LogP contribution in [0.2, 0.25) is 0 Å². The largest absolute Gasteiger partial charge is 0.311 e. The van der Waals surface area contributed by atoms with E-state index in [4.69, 9.17) is 0 Å². The van der Waals surface area contributed by atoms with Crippen molar-refractivity contribution in [3.63, 3.8) is 0 Å². The zero-order valence-corrected chi connectivity index (χ0v) is 70.9. The predicted molar refractivity (Wildman–Crippen MR) is 522 cm³/mol. The van der Waals surface area contributed by atoms with Crippen LogP contribution in [0.3, 0.4) is 0 Å². The number of hydrogen-bond donors (Lipinski definition) is 0. The van der Waals surface area contributed by atoms with Gasteiger partial charge >= 0.3 is 0 Å². The molecule has 21 rings (SSSR count). The van der Waals surface area contributed by atoms with Crippen molar-refractivity contribution in [1.29, 1.82) is 0 Å². The molecule has 0 amide bonds. The van der Waals surface area contributed by atoms with E-state index in [2.05, 4.69) is 469 Å². The van der Waals surface area contributed by atoms with E-state index in [-0.39, 0.29) is 23.0 Å². The van der Waals surface area contributed by atoms with E-state index in [1.807, 2.05) is 0 Å². The lowest BCUT2D eigenvalue weighted by atomic mass is 9.33. The fraction of sp³-hybridized carbons (Fsp3) is 0.128. The van der Waals surface area contributed by atoms with Gasteiger partial charge in [-0.15, -0.1) is 0 Å². The molecular weight excluding hydrogens is 1470 g/mol. The molecule has 0 fully saturated rings. The van der Waals surface area contributed by atoms with Crippen LogP contribution in [0.15, 0.2) is 388 Å². The lowest BCUT2D eigenvalue weighted by Crippen LogP contribution is -2.61. The van der Waals surface area contributed by atoms with E-state index in [1.165, 1.54) is 133 Å². The monoisotopic (exact) mass is 1570 g/mol. The Morgan fingerprint density at radius 1 is 0.213 bits per heavy atom. The first-order valence-corrected chi connectivity index (χ1v) is 43.3. The van der Waals surface area contributed by atoms with Crippen LogP contribution in [0.5, 0.6) is 0 Å². The number of aromatic nitrogens is 2. The maximum atomic E-state index is 2.74. The third-order valence-corrected chi connectivity index (χ3v) is 25.0. The molecule has 2 aliphatic rings. The number of benzene rings is 17. The fourth-order valence-electron chi connectivity index (χ4n) is 19.9. The summed E-state index contributed by atoms with van der Waals surface area (Å²) in [5.74, 6) is 0. The van der Waals surface area contributed by atoms with Crippen LogP contribution in [0.25, 0.3) is 144 Å². The molecule has 17 aromatic carbocycles. The van der Waals surface area contributed by atoms with Gasteiger partial charge in [0.15, 0.2) is 0 Å². The molecule has 5 heteroatoms. The van der Waals surface area contributed by atoms with Crippen molar-refractivity contribution in [2.24, 2.45) is 16.2 Å². The highest BCUT2D eigenvalue weighted by Gasteiger charge is 2.46. The Kier molecular flexibility index (Phi) is 18.6. The maximum absolute atomic E-state index is 2.74. The molecule has 4 heterocycles. The Bertz CT molecular complexity index is 6620. The van der Waals surface area contributed by atoms with Crippen LogP contribution in [-0.2, 0) is 19.3 Å². The summed E-state index contributed by atoms with van der Waals surface area (Å²) in [6, 6.07) is 148. The standard InChI is InChI=1S/C117H97BN4/c1-115(2,3)74-77-62-112-114-113(63-77)122(109-73-95(83-44-28-15-29-45-83)91(76-117(7,8)9)69-97(109)85-48-32-17-33-49-85)111-71-93(120-106-60-52-88(80-38-22-12-23-39-80)66-100(106)101-67-89(53-61-107(101)120)81-40-24-13-25-41-81)55-57-103(111)118(114)102-56-54-92(119-104-58-50-86(78-34-18-10-19-35-78)64-98(104)99-65-87(51-59-105(99)119)79-36-20-11-21-37-79)70-110(102)121(112)108-72-94(82-42-26-14-27-43-82)90(75-116(4,5)6)68-96(108)84-46-30-16-31-47-84/h10-73H,74-76H2,1-9H3. The summed E-state index contributed by atoms with van der Waals surface area (Å²) in [7, 11) is 0. The van der Waals surface area contributed by atoms with Gasteiger partial charge in [-0.05, 0) is 256 Å². The maximum Gasteiger partial charge on any atom is 0.252 e. The van der Waals surface area contributed by atoms with Gasteiger partial charge in [-0.3, -0.25) is 0 Å². The first kappa shape index (κ1) is 75.5. The van der Waals surface area contributed by atoms with E-state index < -0.39 is 0 Å². The smallest absolute Gasteiger partial charge is 0.252 e. The van der Waals surface area contributed by atoms with Gasteiger partial charge in [0.2, 0.25) is 0 Å². The van der Waals surface area contributed by atoms with Gasteiger partial charge in [0.1, 0.15) is 0 Å². The summed E-state index contributed by atoms with van der Waals surface area (Å²) in [5.41, 5.74) is 40.0. The molecule has 0 atom stereocenters. The summed E-state index contributed by atoms with van der Waals surface area (Å²) in [6.07, 6.45) is 2.56. The van der Waals surface area contributed by atoms with Crippen molar-refractivity contribution in [1.82, 2.24) is 9.13 Å². The van der Waals surface area contributed by atoms with Gasteiger partial charge in [0.05, 0.1) is 33.4 Å². The van der Waals surface area contributed by atoms with Crippen LogP contribution < -0.4 is 26.2 Å². The predicted octanol–water partition coefficient (Wildman–Crippen LogP) is 30.1. The Labute approximate surface area is 718 Å². The minimum atomic E-state index is -0.271. The topological polar surface area (TPSA) is 16.3 Å². The van der Waals surface area contributed by atoms with E-state index in [9.17, 15) is 0 Å². The minimum Gasteiger partial charge on any atom is -0.311 e. The summed E-state index contributed by atoms with van der Waals surface area (Å²) in [6.45, 7) is 21.3. The number of anilines is 6. The molecule has 2 aliphatic heterocycles. The molecule has 2 aromatic heterocycles. The molecule has 0 radical (unpaired) electrons. The van der Waals surface area contributed by atoms with E-state index >= 15 is 0 Å². The van der Waals surface area contributed by atoms with Crippen molar-refractivity contribution in [3.05, 3.63) is 405 Å². The average Bonchev–Trinajstić information content (AvgIpc) is 0.748. The molecule has 0 saturated carbocycles. The number of hydrogen-bond acceptors (Lipinski definition) is 2. The number of fused-ring (bicyclic) bond motifs is 10.